The van der Waals surface area contributed by atoms with Crippen molar-refractivity contribution in [3.8, 4) is 0 Å². The third-order valence-electron chi connectivity index (χ3n) is 3.81. The molecule has 0 aliphatic heterocycles. The number of H-pyrrole nitrogens is 1. The summed E-state index contributed by atoms with van der Waals surface area (Å²) in [5.74, 6) is 0.868. The van der Waals surface area contributed by atoms with E-state index in [1.54, 1.807) is 0 Å². The Morgan fingerprint density at radius 1 is 1.42 bits per heavy atom. The third kappa shape index (κ3) is 2.81. The minimum absolute atomic E-state index is 0.532. The van der Waals surface area contributed by atoms with Gasteiger partial charge in [0.2, 0.25) is 5.95 Å². The molecule has 4 nitrogen and oxygen atoms in total. The zero-order valence-electron chi connectivity index (χ0n) is 11.1. The number of fused-ring (bicyclic) bond motifs is 1. The maximum absolute atomic E-state index is 5.78. The van der Waals surface area contributed by atoms with Crippen LogP contribution in [0.3, 0.4) is 0 Å². The molecule has 1 aliphatic carbocycles. The largest absolute Gasteiger partial charge is 0.399 e. The minimum Gasteiger partial charge on any atom is -0.399 e. The van der Waals surface area contributed by atoms with Gasteiger partial charge in [-0.25, -0.2) is 4.98 Å². The molecule has 0 amide bonds. The van der Waals surface area contributed by atoms with Crippen LogP contribution in [-0.4, -0.2) is 27.5 Å². The van der Waals surface area contributed by atoms with Crippen molar-refractivity contribution in [3.63, 3.8) is 0 Å². The van der Waals surface area contributed by atoms with Gasteiger partial charge in [-0.2, -0.15) is 11.8 Å². The van der Waals surface area contributed by atoms with Crippen LogP contribution in [0.2, 0.25) is 0 Å². The number of benzene rings is 1. The summed E-state index contributed by atoms with van der Waals surface area (Å²) < 4.78 is 0. The highest BCUT2D eigenvalue weighted by Crippen LogP contribution is 2.28. The van der Waals surface area contributed by atoms with E-state index in [4.69, 9.17) is 5.73 Å². The SMILES string of the molecule is CSC1CCCC(Nc2nc3ccc(N)cc3[nH]2)C1. The second-order valence-corrected chi connectivity index (χ2v) is 6.37. The van der Waals surface area contributed by atoms with E-state index >= 15 is 0 Å². The van der Waals surface area contributed by atoms with E-state index in [-0.39, 0.29) is 0 Å². The number of nitrogens with one attached hydrogen (secondary N) is 2. The van der Waals surface area contributed by atoms with Crippen LogP contribution in [0.1, 0.15) is 25.7 Å². The summed E-state index contributed by atoms with van der Waals surface area (Å²) in [7, 11) is 0. The van der Waals surface area contributed by atoms with Crippen LogP contribution in [0, 0.1) is 0 Å². The number of aromatic nitrogens is 2. The van der Waals surface area contributed by atoms with Gasteiger partial charge in [0.25, 0.3) is 0 Å². The lowest BCUT2D eigenvalue weighted by molar-refractivity contribution is 0.472. The van der Waals surface area contributed by atoms with Gasteiger partial charge in [-0.05, 0) is 43.7 Å². The molecule has 4 N–H and O–H groups in total. The van der Waals surface area contributed by atoms with E-state index in [0.717, 1.165) is 27.9 Å². The van der Waals surface area contributed by atoms with Crippen molar-refractivity contribution < 1.29 is 0 Å². The van der Waals surface area contributed by atoms with Crippen molar-refractivity contribution in [2.45, 2.75) is 37.0 Å². The van der Waals surface area contributed by atoms with Crippen molar-refractivity contribution in [3.05, 3.63) is 18.2 Å². The van der Waals surface area contributed by atoms with Gasteiger partial charge in [0, 0.05) is 17.0 Å². The highest BCUT2D eigenvalue weighted by molar-refractivity contribution is 7.99. The molecule has 0 radical (unpaired) electrons. The number of imidazole rings is 1. The summed E-state index contributed by atoms with van der Waals surface area (Å²) in [6.45, 7) is 0. The average molecular weight is 276 g/mol. The number of hydrogen-bond donors (Lipinski definition) is 3. The number of nitrogens with two attached hydrogens (primary N) is 1. The zero-order chi connectivity index (χ0) is 13.2. The van der Waals surface area contributed by atoms with E-state index in [2.05, 4.69) is 21.5 Å². The van der Waals surface area contributed by atoms with Crippen molar-refractivity contribution in [2.75, 3.05) is 17.3 Å². The molecule has 19 heavy (non-hydrogen) atoms. The summed E-state index contributed by atoms with van der Waals surface area (Å²) in [5, 5.41) is 4.32. The molecule has 3 rings (SSSR count). The van der Waals surface area contributed by atoms with Crippen LogP contribution in [0.4, 0.5) is 11.6 Å². The fourth-order valence-corrected chi connectivity index (χ4v) is 3.61. The molecule has 1 fully saturated rings. The quantitative estimate of drug-likeness (QED) is 0.753. The number of nitrogen functional groups attached to an aromatic ring is 1. The number of nitrogens with zero attached hydrogens (tertiary/aromatic N) is 1. The molecule has 2 atom stereocenters. The Kier molecular flexibility index (Phi) is 3.55. The van der Waals surface area contributed by atoms with Crippen LogP contribution in [-0.2, 0) is 0 Å². The van der Waals surface area contributed by atoms with Gasteiger partial charge in [0.1, 0.15) is 0 Å². The Balaban J connectivity index is 1.74. The first-order valence-corrected chi connectivity index (χ1v) is 8.08. The van der Waals surface area contributed by atoms with Gasteiger partial charge >= 0.3 is 0 Å². The van der Waals surface area contributed by atoms with Gasteiger partial charge in [0.15, 0.2) is 0 Å². The van der Waals surface area contributed by atoms with Crippen molar-refractivity contribution >= 4 is 34.4 Å². The van der Waals surface area contributed by atoms with Crippen molar-refractivity contribution in [1.29, 1.82) is 0 Å². The fraction of sp³-hybridized carbons (Fsp3) is 0.500. The molecular formula is C14H20N4S. The zero-order valence-corrected chi connectivity index (χ0v) is 12.0. The summed E-state index contributed by atoms with van der Waals surface area (Å²) in [5.41, 5.74) is 8.52. The molecule has 5 heteroatoms. The normalized spacial score (nSPS) is 23.6. The average Bonchev–Trinajstić information content (AvgIpc) is 2.80. The van der Waals surface area contributed by atoms with Gasteiger partial charge in [0.05, 0.1) is 11.0 Å². The standard InChI is InChI=1S/C14H20N4S/c1-19-11-4-2-3-10(8-11)16-14-17-12-6-5-9(15)7-13(12)18-14/h5-7,10-11H,2-4,8,15H2,1H3,(H2,16,17,18). The number of thioether (sulfide) groups is 1. The monoisotopic (exact) mass is 276 g/mol. The van der Waals surface area contributed by atoms with E-state index < -0.39 is 0 Å². The molecule has 1 heterocycles. The van der Waals surface area contributed by atoms with E-state index in [0.29, 0.717) is 6.04 Å². The molecule has 0 bridgehead atoms. The Morgan fingerprint density at radius 3 is 3.16 bits per heavy atom. The molecule has 0 saturated heterocycles. The van der Waals surface area contributed by atoms with Crippen molar-refractivity contribution in [2.24, 2.45) is 0 Å². The van der Waals surface area contributed by atoms with Gasteiger partial charge in [-0.1, -0.05) is 6.42 Å². The summed E-state index contributed by atoms with van der Waals surface area (Å²) in [6.07, 6.45) is 7.31. The van der Waals surface area contributed by atoms with Crippen LogP contribution >= 0.6 is 11.8 Å². The van der Waals surface area contributed by atoms with E-state index in [1.165, 1.54) is 25.7 Å². The minimum atomic E-state index is 0.532. The summed E-state index contributed by atoms with van der Waals surface area (Å²) in [4.78, 5) is 7.88. The van der Waals surface area contributed by atoms with Crippen LogP contribution in [0.5, 0.6) is 0 Å². The fourth-order valence-electron chi connectivity index (χ4n) is 2.78. The molecule has 2 unspecified atom stereocenters. The van der Waals surface area contributed by atoms with E-state index in [1.807, 2.05) is 30.0 Å². The van der Waals surface area contributed by atoms with Gasteiger partial charge in [-0.15, -0.1) is 0 Å². The Labute approximate surface area is 117 Å². The first-order chi connectivity index (χ1) is 9.24. The lowest BCUT2D eigenvalue weighted by Crippen LogP contribution is -2.28. The predicted octanol–water partition coefficient (Wildman–Crippen LogP) is 3.23. The highest BCUT2D eigenvalue weighted by atomic mass is 32.2. The number of aromatic amines is 1. The van der Waals surface area contributed by atoms with Crippen molar-refractivity contribution in [1.82, 2.24) is 9.97 Å². The highest BCUT2D eigenvalue weighted by Gasteiger charge is 2.21. The molecule has 2 aromatic rings. The van der Waals surface area contributed by atoms with Gasteiger partial charge < -0.3 is 16.0 Å². The Hall–Kier alpha value is -1.36. The predicted molar refractivity (Wildman–Crippen MR) is 83.7 cm³/mol. The molecule has 102 valence electrons. The first-order valence-electron chi connectivity index (χ1n) is 6.79. The Morgan fingerprint density at radius 2 is 2.32 bits per heavy atom. The molecular weight excluding hydrogens is 256 g/mol. The topological polar surface area (TPSA) is 66.7 Å². The lowest BCUT2D eigenvalue weighted by Gasteiger charge is -2.28. The molecule has 1 aliphatic rings. The maximum atomic E-state index is 5.78. The number of rotatable bonds is 3. The van der Waals surface area contributed by atoms with Crippen LogP contribution in [0.25, 0.3) is 11.0 Å². The molecule has 1 aromatic heterocycles. The second-order valence-electron chi connectivity index (χ2n) is 5.23. The molecule has 1 saturated carbocycles. The van der Waals surface area contributed by atoms with Crippen LogP contribution in [0.15, 0.2) is 18.2 Å². The number of anilines is 2. The molecule has 0 spiro atoms. The second kappa shape index (κ2) is 5.33. The lowest BCUT2D eigenvalue weighted by atomic mass is 9.95. The molecule has 1 aromatic carbocycles. The van der Waals surface area contributed by atoms with E-state index in [9.17, 15) is 0 Å². The maximum Gasteiger partial charge on any atom is 0.201 e. The summed E-state index contributed by atoms with van der Waals surface area (Å²) in [6, 6.07) is 6.30. The van der Waals surface area contributed by atoms with Gasteiger partial charge in [-0.3, -0.25) is 0 Å². The summed E-state index contributed by atoms with van der Waals surface area (Å²) >= 11 is 1.98. The third-order valence-corrected chi connectivity index (χ3v) is 4.90. The van der Waals surface area contributed by atoms with Crippen LogP contribution < -0.4 is 11.1 Å². The smallest absolute Gasteiger partial charge is 0.201 e. The first kappa shape index (κ1) is 12.7. The Bertz CT molecular complexity index is 566. The number of hydrogen-bond acceptors (Lipinski definition) is 4.